The quantitative estimate of drug-likeness (QED) is 0.829. The molecule has 0 heterocycles. The highest BCUT2D eigenvalue weighted by atomic mass is 16.6. The molecule has 17 heavy (non-hydrogen) atoms. The zero-order chi connectivity index (χ0) is 13.1. The van der Waals surface area contributed by atoms with Gasteiger partial charge in [-0.1, -0.05) is 18.2 Å². The van der Waals surface area contributed by atoms with E-state index in [1.165, 1.54) is 0 Å². The summed E-state index contributed by atoms with van der Waals surface area (Å²) < 4.78 is 5.19. The molecule has 1 amide bonds. The molecule has 0 radical (unpaired) electrons. The van der Waals surface area contributed by atoms with Crippen molar-refractivity contribution in [3.05, 3.63) is 29.8 Å². The van der Waals surface area contributed by atoms with Gasteiger partial charge in [-0.05, 0) is 39.3 Å². The maximum Gasteiger partial charge on any atom is 0.412 e. The molecule has 4 nitrogen and oxygen atoms in total. The van der Waals surface area contributed by atoms with E-state index in [1.807, 2.05) is 52.0 Å². The largest absolute Gasteiger partial charge is 0.444 e. The smallest absolute Gasteiger partial charge is 0.412 e. The number of rotatable bonds is 2. The molecule has 0 aromatic heterocycles. The third-order valence-electron chi connectivity index (χ3n) is 2.09. The van der Waals surface area contributed by atoms with E-state index in [4.69, 9.17) is 10.5 Å². The summed E-state index contributed by atoms with van der Waals surface area (Å²) in [5.41, 5.74) is 6.90. The predicted octanol–water partition coefficient (Wildman–Crippen LogP) is 3.05. The molecule has 0 bridgehead atoms. The molecule has 0 aliphatic rings. The molecule has 0 aliphatic heterocycles. The second-order valence-electron chi connectivity index (χ2n) is 5.00. The number of para-hydroxylation sites is 1. The molecule has 0 fully saturated rings. The summed E-state index contributed by atoms with van der Waals surface area (Å²) in [7, 11) is 0. The molecule has 1 atom stereocenters. The summed E-state index contributed by atoms with van der Waals surface area (Å²) in [6.07, 6.45) is -0.467. The first-order chi connectivity index (χ1) is 7.79. The number of benzene rings is 1. The summed E-state index contributed by atoms with van der Waals surface area (Å²) >= 11 is 0. The predicted molar refractivity (Wildman–Crippen MR) is 68.9 cm³/mol. The van der Waals surface area contributed by atoms with Crippen molar-refractivity contribution in [2.45, 2.75) is 39.3 Å². The Morgan fingerprint density at radius 1 is 1.35 bits per heavy atom. The molecule has 1 aromatic rings. The van der Waals surface area contributed by atoms with Gasteiger partial charge in [-0.15, -0.1) is 0 Å². The van der Waals surface area contributed by atoms with E-state index >= 15 is 0 Å². The van der Waals surface area contributed by atoms with Crippen LogP contribution in [0.5, 0.6) is 0 Å². The van der Waals surface area contributed by atoms with Crippen LogP contribution in [-0.2, 0) is 4.74 Å². The Bertz CT molecular complexity index is 395. The van der Waals surface area contributed by atoms with E-state index in [9.17, 15) is 4.79 Å². The Morgan fingerprint density at radius 2 is 1.94 bits per heavy atom. The van der Waals surface area contributed by atoms with Crippen molar-refractivity contribution in [3.8, 4) is 0 Å². The first-order valence-corrected chi connectivity index (χ1v) is 5.64. The van der Waals surface area contributed by atoms with Crippen LogP contribution in [0, 0.1) is 0 Å². The first kappa shape index (κ1) is 13.5. The van der Waals surface area contributed by atoms with Crippen LogP contribution in [-0.4, -0.2) is 11.7 Å². The van der Waals surface area contributed by atoms with E-state index in [1.54, 1.807) is 0 Å². The van der Waals surface area contributed by atoms with Gasteiger partial charge >= 0.3 is 6.09 Å². The topological polar surface area (TPSA) is 64.3 Å². The van der Waals surface area contributed by atoms with E-state index in [0.717, 1.165) is 5.56 Å². The van der Waals surface area contributed by atoms with Gasteiger partial charge in [-0.3, -0.25) is 5.32 Å². The van der Waals surface area contributed by atoms with Crippen LogP contribution in [0.1, 0.15) is 39.3 Å². The Kier molecular flexibility index (Phi) is 4.12. The van der Waals surface area contributed by atoms with Gasteiger partial charge < -0.3 is 10.5 Å². The van der Waals surface area contributed by atoms with Crippen LogP contribution in [0.15, 0.2) is 24.3 Å². The molecule has 0 aliphatic carbocycles. The Labute approximate surface area is 102 Å². The van der Waals surface area contributed by atoms with Crippen LogP contribution < -0.4 is 11.1 Å². The zero-order valence-corrected chi connectivity index (χ0v) is 10.8. The van der Waals surface area contributed by atoms with Gasteiger partial charge in [0, 0.05) is 11.7 Å². The van der Waals surface area contributed by atoms with E-state index in [0.29, 0.717) is 5.69 Å². The fourth-order valence-corrected chi connectivity index (χ4v) is 1.42. The third kappa shape index (κ3) is 4.44. The number of nitrogens with two attached hydrogens (primary N) is 1. The lowest BCUT2D eigenvalue weighted by Gasteiger charge is -2.21. The van der Waals surface area contributed by atoms with Crippen molar-refractivity contribution in [1.29, 1.82) is 0 Å². The number of carbonyl (C=O) groups excluding carboxylic acids is 1. The van der Waals surface area contributed by atoms with Gasteiger partial charge in [-0.2, -0.15) is 0 Å². The standard InChI is InChI=1S/C13H20N2O2/c1-9(14)10-7-5-6-8-11(10)15-12(16)17-13(2,3)4/h5-9H,14H2,1-4H3,(H,15,16). The number of ether oxygens (including phenoxy) is 1. The summed E-state index contributed by atoms with van der Waals surface area (Å²) in [5, 5.41) is 2.71. The number of hydrogen-bond acceptors (Lipinski definition) is 3. The van der Waals surface area contributed by atoms with Gasteiger partial charge in [0.25, 0.3) is 0 Å². The number of nitrogens with one attached hydrogen (secondary N) is 1. The summed E-state index contributed by atoms with van der Waals surface area (Å²) in [6, 6.07) is 7.29. The third-order valence-corrected chi connectivity index (χ3v) is 2.09. The maximum atomic E-state index is 11.6. The lowest BCUT2D eigenvalue weighted by Crippen LogP contribution is -2.27. The van der Waals surface area contributed by atoms with Crippen molar-refractivity contribution in [2.75, 3.05) is 5.32 Å². The van der Waals surface area contributed by atoms with E-state index in [-0.39, 0.29) is 6.04 Å². The van der Waals surface area contributed by atoms with Crippen molar-refractivity contribution >= 4 is 11.8 Å². The minimum Gasteiger partial charge on any atom is -0.444 e. The van der Waals surface area contributed by atoms with Gasteiger partial charge in [0.15, 0.2) is 0 Å². The number of anilines is 1. The monoisotopic (exact) mass is 236 g/mol. The molecule has 0 spiro atoms. The van der Waals surface area contributed by atoms with Crippen molar-refractivity contribution in [1.82, 2.24) is 0 Å². The Balaban J connectivity index is 2.78. The summed E-state index contributed by atoms with van der Waals surface area (Å²) in [6.45, 7) is 7.34. The molecule has 1 rings (SSSR count). The fraction of sp³-hybridized carbons (Fsp3) is 0.462. The highest BCUT2D eigenvalue weighted by Crippen LogP contribution is 2.21. The van der Waals surface area contributed by atoms with Crippen LogP contribution >= 0.6 is 0 Å². The number of hydrogen-bond donors (Lipinski definition) is 2. The minimum absolute atomic E-state index is 0.138. The van der Waals surface area contributed by atoms with Crippen molar-refractivity contribution in [3.63, 3.8) is 0 Å². The molecule has 0 saturated carbocycles. The van der Waals surface area contributed by atoms with Crippen LogP contribution in [0.2, 0.25) is 0 Å². The van der Waals surface area contributed by atoms with E-state index < -0.39 is 11.7 Å². The van der Waals surface area contributed by atoms with Gasteiger partial charge in [0.2, 0.25) is 0 Å². The molecule has 1 unspecified atom stereocenters. The highest BCUT2D eigenvalue weighted by molar-refractivity contribution is 5.86. The zero-order valence-electron chi connectivity index (χ0n) is 10.8. The van der Waals surface area contributed by atoms with Gasteiger partial charge in [0.05, 0.1) is 0 Å². The number of carbonyl (C=O) groups is 1. The lowest BCUT2D eigenvalue weighted by atomic mass is 10.1. The second kappa shape index (κ2) is 5.19. The first-order valence-electron chi connectivity index (χ1n) is 5.64. The van der Waals surface area contributed by atoms with Crippen LogP contribution in [0.25, 0.3) is 0 Å². The maximum absolute atomic E-state index is 11.6. The van der Waals surface area contributed by atoms with Crippen LogP contribution in [0.3, 0.4) is 0 Å². The normalized spacial score (nSPS) is 13.0. The Morgan fingerprint density at radius 3 is 2.47 bits per heavy atom. The Hall–Kier alpha value is -1.55. The molecular weight excluding hydrogens is 216 g/mol. The number of amides is 1. The van der Waals surface area contributed by atoms with E-state index in [2.05, 4.69) is 5.32 Å². The lowest BCUT2D eigenvalue weighted by molar-refractivity contribution is 0.0636. The average molecular weight is 236 g/mol. The second-order valence-corrected chi connectivity index (χ2v) is 5.00. The van der Waals surface area contributed by atoms with Crippen molar-refractivity contribution in [2.24, 2.45) is 5.73 Å². The summed E-state index contributed by atoms with van der Waals surface area (Å²) in [5.74, 6) is 0. The molecule has 94 valence electrons. The van der Waals surface area contributed by atoms with Gasteiger partial charge in [-0.25, -0.2) is 4.79 Å². The molecule has 0 saturated heterocycles. The molecule has 4 heteroatoms. The minimum atomic E-state index is -0.507. The fourth-order valence-electron chi connectivity index (χ4n) is 1.42. The molecule has 1 aromatic carbocycles. The van der Waals surface area contributed by atoms with Crippen LogP contribution in [0.4, 0.5) is 10.5 Å². The van der Waals surface area contributed by atoms with Gasteiger partial charge in [0.1, 0.15) is 5.60 Å². The molecule has 3 N–H and O–H groups in total. The van der Waals surface area contributed by atoms with Crippen molar-refractivity contribution < 1.29 is 9.53 Å². The SMILES string of the molecule is CC(N)c1ccccc1NC(=O)OC(C)(C)C. The molecular formula is C13H20N2O2. The highest BCUT2D eigenvalue weighted by Gasteiger charge is 2.17. The summed E-state index contributed by atoms with van der Waals surface area (Å²) in [4.78, 5) is 11.6. The average Bonchev–Trinajstić information content (AvgIpc) is 2.14.